The number of methoxy groups -OCH3 is 1. The average Bonchev–Trinajstić information content (AvgIpc) is 2.39. The van der Waals surface area contributed by atoms with E-state index < -0.39 is 21.8 Å². The lowest BCUT2D eigenvalue weighted by Crippen LogP contribution is -2.44. The minimum atomic E-state index is -2.91. The highest BCUT2D eigenvalue weighted by atomic mass is 32.2. The molecule has 0 spiro atoms. The van der Waals surface area contributed by atoms with E-state index in [-0.39, 0.29) is 11.5 Å². The minimum absolute atomic E-state index is 0.140. The second kappa shape index (κ2) is 5.60. The van der Waals surface area contributed by atoms with Crippen LogP contribution in [0.25, 0.3) is 0 Å². The first kappa shape index (κ1) is 13.4. The maximum atomic E-state index is 11.3. The van der Waals surface area contributed by atoms with Crippen LogP contribution in [0.2, 0.25) is 0 Å². The van der Waals surface area contributed by atoms with Crippen LogP contribution in [0.1, 0.15) is 6.42 Å². The lowest BCUT2D eigenvalue weighted by atomic mass is 10.3. The van der Waals surface area contributed by atoms with E-state index in [1.54, 1.807) is 0 Å². The summed E-state index contributed by atoms with van der Waals surface area (Å²) in [6.07, 6.45) is 0.593. The molecule has 1 heterocycles. The van der Waals surface area contributed by atoms with Gasteiger partial charge in [-0.2, -0.15) is 0 Å². The summed E-state index contributed by atoms with van der Waals surface area (Å²) in [5.74, 6) is -0.107. The van der Waals surface area contributed by atoms with Crippen molar-refractivity contribution in [3.05, 3.63) is 0 Å². The van der Waals surface area contributed by atoms with Crippen molar-refractivity contribution in [2.75, 3.05) is 38.2 Å². The van der Waals surface area contributed by atoms with E-state index in [1.807, 2.05) is 4.90 Å². The van der Waals surface area contributed by atoms with Crippen molar-refractivity contribution in [1.82, 2.24) is 4.90 Å². The summed E-state index contributed by atoms with van der Waals surface area (Å²) >= 11 is 0. The monoisotopic (exact) mass is 250 g/mol. The number of hydrogen-bond donors (Lipinski definition) is 1. The fourth-order valence-corrected chi connectivity index (χ4v) is 2.99. The molecule has 1 aliphatic rings. The molecule has 94 valence electrons. The molecule has 2 N–H and O–H groups in total. The lowest BCUT2D eigenvalue weighted by molar-refractivity contribution is -0.142. The van der Waals surface area contributed by atoms with Crippen LogP contribution in [-0.4, -0.2) is 63.6 Å². The van der Waals surface area contributed by atoms with E-state index >= 15 is 0 Å². The quantitative estimate of drug-likeness (QED) is 0.620. The Morgan fingerprint density at radius 2 is 2.12 bits per heavy atom. The van der Waals surface area contributed by atoms with Crippen LogP contribution in [0, 0.1) is 0 Å². The number of hydrogen-bond acceptors (Lipinski definition) is 6. The molecular weight excluding hydrogens is 232 g/mol. The van der Waals surface area contributed by atoms with Crippen LogP contribution >= 0.6 is 0 Å². The van der Waals surface area contributed by atoms with Crippen molar-refractivity contribution in [3.8, 4) is 0 Å². The number of nitrogens with two attached hydrogens (primary N) is 1. The largest absolute Gasteiger partial charge is 0.468 e. The molecule has 16 heavy (non-hydrogen) atoms. The SMILES string of the molecule is COC(=O)C(N)CN1CCCS(=O)(=O)CC1. The van der Waals surface area contributed by atoms with Crippen molar-refractivity contribution >= 4 is 15.8 Å². The van der Waals surface area contributed by atoms with E-state index in [0.717, 1.165) is 0 Å². The van der Waals surface area contributed by atoms with E-state index in [2.05, 4.69) is 4.74 Å². The van der Waals surface area contributed by atoms with Gasteiger partial charge in [0.15, 0.2) is 9.84 Å². The highest BCUT2D eigenvalue weighted by Crippen LogP contribution is 2.05. The topological polar surface area (TPSA) is 89.7 Å². The minimum Gasteiger partial charge on any atom is -0.468 e. The van der Waals surface area contributed by atoms with Crippen molar-refractivity contribution in [2.24, 2.45) is 5.73 Å². The van der Waals surface area contributed by atoms with Gasteiger partial charge in [-0.3, -0.25) is 4.79 Å². The van der Waals surface area contributed by atoms with E-state index in [4.69, 9.17) is 5.73 Å². The van der Waals surface area contributed by atoms with E-state index in [9.17, 15) is 13.2 Å². The molecule has 7 heteroatoms. The van der Waals surface area contributed by atoms with E-state index in [0.29, 0.717) is 26.1 Å². The molecule has 0 aromatic heterocycles. The third-order valence-corrected chi connectivity index (χ3v) is 4.32. The third kappa shape index (κ3) is 4.07. The Labute approximate surface area is 95.7 Å². The highest BCUT2D eigenvalue weighted by Gasteiger charge is 2.23. The van der Waals surface area contributed by atoms with Gasteiger partial charge >= 0.3 is 5.97 Å². The zero-order valence-corrected chi connectivity index (χ0v) is 10.2. The Morgan fingerprint density at radius 3 is 2.75 bits per heavy atom. The molecule has 0 amide bonds. The molecule has 0 radical (unpaired) electrons. The summed E-state index contributed by atoms with van der Waals surface area (Å²) in [5, 5.41) is 0. The molecular formula is C9H18N2O4S. The number of esters is 1. The second-order valence-electron chi connectivity index (χ2n) is 3.94. The molecule has 0 aromatic rings. The van der Waals surface area contributed by atoms with Gasteiger partial charge in [0, 0.05) is 13.1 Å². The molecule has 0 saturated carbocycles. The molecule has 1 unspecified atom stereocenters. The van der Waals surface area contributed by atoms with Gasteiger partial charge in [0.1, 0.15) is 6.04 Å². The Kier molecular flexibility index (Phi) is 4.69. The maximum absolute atomic E-state index is 11.3. The summed E-state index contributed by atoms with van der Waals surface area (Å²) in [5.41, 5.74) is 5.61. The molecule has 0 aliphatic carbocycles. The number of nitrogens with zero attached hydrogens (tertiary/aromatic N) is 1. The summed E-state index contributed by atoms with van der Waals surface area (Å²) < 4.78 is 27.2. The predicted octanol–water partition coefficient (Wildman–Crippen LogP) is -1.39. The second-order valence-corrected chi connectivity index (χ2v) is 6.24. The summed E-state index contributed by atoms with van der Waals surface area (Å²) in [6, 6.07) is -0.703. The first-order chi connectivity index (χ1) is 7.44. The fraction of sp³-hybridized carbons (Fsp3) is 0.889. The molecule has 0 bridgehead atoms. The Balaban J connectivity index is 2.47. The number of carbonyl (C=O) groups is 1. The van der Waals surface area contributed by atoms with Gasteiger partial charge in [0.25, 0.3) is 0 Å². The first-order valence-corrected chi connectivity index (χ1v) is 7.03. The Morgan fingerprint density at radius 1 is 1.44 bits per heavy atom. The number of sulfone groups is 1. The number of ether oxygens (including phenoxy) is 1. The molecule has 1 aliphatic heterocycles. The highest BCUT2D eigenvalue weighted by molar-refractivity contribution is 7.91. The smallest absolute Gasteiger partial charge is 0.323 e. The van der Waals surface area contributed by atoms with Crippen molar-refractivity contribution in [3.63, 3.8) is 0 Å². The van der Waals surface area contributed by atoms with Gasteiger partial charge in [0.05, 0.1) is 18.6 Å². The molecule has 0 aromatic carbocycles. The molecule has 1 rings (SSSR count). The summed E-state index contributed by atoms with van der Waals surface area (Å²) in [6.45, 7) is 1.44. The van der Waals surface area contributed by atoms with Gasteiger partial charge in [-0.15, -0.1) is 0 Å². The van der Waals surface area contributed by atoms with Crippen LogP contribution in [0.3, 0.4) is 0 Å². The van der Waals surface area contributed by atoms with Crippen LogP contribution in [0.4, 0.5) is 0 Å². The maximum Gasteiger partial charge on any atom is 0.323 e. The molecule has 1 saturated heterocycles. The molecule has 1 atom stereocenters. The van der Waals surface area contributed by atoms with Crippen LogP contribution in [-0.2, 0) is 19.4 Å². The summed E-state index contributed by atoms with van der Waals surface area (Å²) in [4.78, 5) is 13.0. The standard InChI is InChI=1S/C9H18N2O4S/c1-15-9(12)8(10)7-11-3-2-5-16(13,14)6-4-11/h8H,2-7,10H2,1H3. The average molecular weight is 250 g/mol. The predicted molar refractivity (Wildman–Crippen MR) is 59.7 cm³/mol. The lowest BCUT2D eigenvalue weighted by Gasteiger charge is -2.21. The Hall–Kier alpha value is -0.660. The zero-order valence-electron chi connectivity index (χ0n) is 9.39. The van der Waals surface area contributed by atoms with Crippen LogP contribution < -0.4 is 5.73 Å². The first-order valence-electron chi connectivity index (χ1n) is 5.21. The van der Waals surface area contributed by atoms with Gasteiger partial charge in [-0.25, -0.2) is 8.42 Å². The molecule has 6 nitrogen and oxygen atoms in total. The fourth-order valence-electron chi connectivity index (χ4n) is 1.68. The Bertz CT molecular complexity index is 341. The van der Waals surface area contributed by atoms with Crippen LogP contribution in [0.15, 0.2) is 0 Å². The number of carbonyl (C=O) groups excluding carboxylic acids is 1. The van der Waals surface area contributed by atoms with Gasteiger partial charge in [0.2, 0.25) is 0 Å². The zero-order chi connectivity index (χ0) is 12.2. The van der Waals surface area contributed by atoms with Gasteiger partial charge in [-0.05, 0) is 13.0 Å². The summed E-state index contributed by atoms with van der Waals surface area (Å²) in [7, 11) is -1.63. The van der Waals surface area contributed by atoms with E-state index in [1.165, 1.54) is 7.11 Å². The normalized spacial score (nSPS) is 23.4. The van der Waals surface area contributed by atoms with Gasteiger partial charge < -0.3 is 15.4 Å². The van der Waals surface area contributed by atoms with Crippen molar-refractivity contribution < 1.29 is 17.9 Å². The third-order valence-electron chi connectivity index (χ3n) is 2.61. The van der Waals surface area contributed by atoms with Gasteiger partial charge in [-0.1, -0.05) is 0 Å². The van der Waals surface area contributed by atoms with Crippen LogP contribution in [0.5, 0.6) is 0 Å². The van der Waals surface area contributed by atoms with Crippen molar-refractivity contribution in [2.45, 2.75) is 12.5 Å². The molecule has 1 fully saturated rings. The van der Waals surface area contributed by atoms with Crippen molar-refractivity contribution in [1.29, 1.82) is 0 Å². The number of rotatable bonds is 3.